The number of nitrogens with one attached hydrogen (secondary N) is 1. The van der Waals surface area contributed by atoms with Gasteiger partial charge in [0.15, 0.2) is 0 Å². The summed E-state index contributed by atoms with van der Waals surface area (Å²) in [5.41, 5.74) is 0.131. The third-order valence-corrected chi connectivity index (χ3v) is 8.23. The quantitative estimate of drug-likeness (QED) is 0.624. The molecule has 1 aromatic rings. The number of esters is 1. The van der Waals surface area contributed by atoms with Crippen molar-refractivity contribution >= 4 is 17.4 Å². The molecular formula is C22H24N2O4. The molecule has 6 heteroatoms. The Morgan fingerprint density at radius 1 is 1.29 bits per heavy atom. The highest BCUT2D eigenvalue weighted by molar-refractivity contribution is 5.99. The summed E-state index contributed by atoms with van der Waals surface area (Å²) in [5, 5.41) is 3.57. The maximum atomic E-state index is 13.5. The molecule has 28 heavy (non-hydrogen) atoms. The van der Waals surface area contributed by atoms with E-state index in [2.05, 4.69) is 28.4 Å². The lowest BCUT2D eigenvalue weighted by molar-refractivity contribution is -0.159. The Labute approximate surface area is 163 Å². The number of fused-ring (bicyclic) bond motifs is 1. The van der Waals surface area contributed by atoms with Crippen molar-refractivity contribution in [1.82, 2.24) is 4.90 Å². The Hall–Kier alpha value is -2.34. The van der Waals surface area contributed by atoms with Crippen LogP contribution in [0, 0.1) is 11.3 Å². The first-order chi connectivity index (χ1) is 13.5. The molecule has 0 aromatic heterocycles. The van der Waals surface area contributed by atoms with E-state index in [0.29, 0.717) is 25.1 Å². The number of nitrogens with zero attached hydrogens (tertiary/aromatic N) is 1. The van der Waals surface area contributed by atoms with Gasteiger partial charge in [-0.05, 0) is 24.5 Å². The van der Waals surface area contributed by atoms with E-state index >= 15 is 0 Å². The number of benzene rings is 1. The van der Waals surface area contributed by atoms with Gasteiger partial charge in [-0.1, -0.05) is 24.3 Å². The number of carbonyl (C=O) groups is 2. The van der Waals surface area contributed by atoms with Crippen LogP contribution in [0.2, 0.25) is 0 Å². The molecule has 5 atom stereocenters. The molecule has 0 unspecified atom stereocenters. The number of ether oxygens (including phenoxy) is 2. The standard InChI is InChI=1S/C22H24N2O4/c1-27-16-6-3-5-13-17(16)23-21(19(26)28-2)9-8-20-7-4-10-24-12-14(15(25)11-20)22(13,21)18(20)24/h3-7,14,18,23H,8-12H2,1-2H3/t14-,18+,20-,21-,22+/m1/s1. The van der Waals surface area contributed by atoms with Gasteiger partial charge < -0.3 is 14.8 Å². The molecule has 6 nitrogen and oxygen atoms in total. The van der Waals surface area contributed by atoms with Crippen LogP contribution in [0.5, 0.6) is 5.75 Å². The average Bonchev–Trinajstić information content (AvgIpc) is 3.20. The lowest BCUT2D eigenvalue weighted by Crippen LogP contribution is -2.75. The number of Topliss-reactive ketones (excluding diaryl/α,β-unsaturated/α-hetero) is 1. The zero-order valence-electron chi connectivity index (χ0n) is 16.2. The van der Waals surface area contributed by atoms with E-state index in [-0.39, 0.29) is 29.1 Å². The van der Waals surface area contributed by atoms with Crippen molar-refractivity contribution in [2.45, 2.75) is 36.3 Å². The number of anilines is 1. The van der Waals surface area contributed by atoms with Gasteiger partial charge in [0.25, 0.3) is 0 Å². The summed E-state index contributed by atoms with van der Waals surface area (Å²) in [6, 6.07) is 6.08. The van der Waals surface area contributed by atoms with Crippen molar-refractivity contribution in [1.29, 1.82) is 0 Å². The van der Waals surface area contributed by atoms with Gasteiger partial charge >= 0.3 is 5.97 Å². The van der Waals surface area contributed by atoms with Gasteiger partial charge in [-0.25, -0.2) is 4.79 Å². The van der Waals surface area contributed by atoms with Crippen LogP contribution >= 0.6 is 0 Å². The largest absolute Gasteiger partial charge is 0.495 e. The number of hydrogen-bond donors (Lipinski definition) is 1. The second-order valence-corrected chi connectivity index (χ2v) is 8.96. The summed E-state index contributed by atoms with van der Waals surface area (Å²) < 4.78 is 11.0. The van der Waals surface area contributed by atoms with Crippen molar-refractivity contribution in [3.8, 4) is 5.75 Å². The van der Waals surface area contributed by atoms with Crippen LogP contribution in [0.4, 0.5) is 5.69 Å². The number of rotatable bonds is 2. The SMILES string of the molecule is COC(=O)[C@]12CC[C@]34C=CCN5C[C@H](C(=O)C3)[C@@]1(c1cccc(OC)c1N2)[C@@H]54. The third kappa shape index (κ3) is 1.48. The van der Waals surface area contributed by atoms with Crippen molar-refractivity contribution in [3.05, 3.63) is 35.9 Å². The summed E-state index contributed by atoms with van der Waals surface area (Å²) in [5.74, 6) is 0.503. The fraction of sp³-hybridized carbons (Fsp3) is 0.545. The molecule has 1 aromatic carbocycles. The molecule has 2 aliphatic carbocycles. The highest BCUT2D eigenvalue weighted by Crippen LogP contribution is 2.72. The Morgan fingerprint density at radius 3 is 2.93 bits per heavy atom. The van der Waals surface area contributed by atoms with E-state index < -0.39 is 11.0 Å². The monoisotopic (exact) mass is 380 g/mol. The molecule has 0 amide bonds. The van der Waals surface area contributed by atoms with Crippen molar-refractivity contribution in [2.75, 3.05) is 32.6 Å². The number of hydrogen-bond acceptors (Lipinski definition) is 6. The fourth-order valence-electron chi connectivity index (χ4n) is 7.51. The molecular weight excluding hydrogens is 356 g/mol. The predicted molar refractivity (Wildman–Crippen MR) is 102 cm³/mol. The minimum Gasteiger partial charge on any atom is -0.495 e. The molecule has 4 bridgehead atoms. The number of methoxy groups -OCH3 is 2. The summed E-state index contributed by atoms with van der Waals surface area (Å²) in [6.07, 6.45) is 6.51. The number of para-hydroxylation sites is 1. The van der Waals surface area contributed by atoms with Crippen LogP contribution in [-0.4, -0.2) is 55.5 Å². The minimum atomic E-state index is -0.937. The number of carbonyl (C=O) groups excluding carboxylic acids is 2. The maximum Gasteiger partial charge on any atom is 0.332 e. The Kier molecular flexibility index (Phi) is 2.95. The molecule has 3 aliphatic heterocycles. The summed E-state index contributed by atoms with van der Waals surface area (Å²) in [6.45, 7) is 1.53. The highest BCUT2D eigenvalue weighted by atomic mass is 16.5. The van der Waals surface area contributed by atoms with E-state index in [1.54, 1.807) is 7.11 Å². The van der Waals surface area contributed by atoms with E-state index in [9.17, 15) is 9.59 Å². The molecule has 2 saturated carbocycles. The molecule has 3 heterocycles. The topological polar surface area (TPSA) is 67.9 Å². The molecule has 1 N–H and O–H groups in total. The predicted octanol–water partition coefficient (Wildman–Crippen LogP) is 1.89. The molecule has 5 aliphatic rings. The van der Waals surface area contributed by atoms with Crippen LogP contribution in [-0.2, 0) is 19.7 Å². The molecule has 146 valence electrons. The van der Waals surface area contributed by atoms with Crippen LogP contribution in [0.3, 0.4) is 0 Å². The third-order valence-electron chi connectivity index (χ3n) is 8.23. The molecule has 0 radical (unpaired) electrons. The minimum absolute atomic E-state index is 0.112. The molecule has 1 saturated heterocycles. The molecule has 6 rings (SSSR count). The van der Waals surface area contributed by atoms with Gasteiger partial charge in [-0.3, -0.25) is 9.69 Å². The van der Waals surface area contributed by atoms with Gasteiger partial charge in [-0.15, -0.1) is 0 Å². The van der Waals surface area contributed by atoms with Gasteiger partial charge in [0.05, 0.1) is 25.3 Å². The second-order valence-electron chi connectivity index (χ2n) is 8.96. The molecule has 1 spiro atoms. The number of ketones is 1. The van der Waals surface area contributed by atoms with E-state index in [0.717, 1.165) is 24.2 Å². The Balaban J connectivity index is 1.73. The smallest absolute Gasteiger partial charge is 0.332 e. The van der Waals surface area contributed by atoms with Crippen LogP contribution < -0.4 is 10.1 Å². The van der Waals surface area contributed by atoms with Crippen molar-refractivity contribution in [2.24, 2.45) is 11.3 Å². The first-order valence-electron chi connectivity index (χ1n) is 10.0. The van der Waals surface area contributed by atoms with E-state index in [4.69, 9.17) is 9.47 Å². The van der Waals surface area contributed by atoms with E-state index in [1.807, 2.05) is 12.1 Å². The lowest BCUT2D eigenvalue weighted by Gasteiger charge is -2.62. The van der Waals surface area contributed by atoms with Gasteiger partial charge in [0.2, 0.25) is 0 Å². The Morgan fingerprint density at radius 2 is 2.14 bits per heavy atom. The van der Waals surface area contributed by atoms with E-state index in [1.165, 1.54) is 7.11 Å². The summed E-state index contributed by atoms with van der Waals surface area (Å²) in [4.78, 5) is 29.3. The van der Waals surface area contributed by atoms with Gasteiger partial charge in [0, 0.05) is 36.9 Å². The van der Waals surface area contributed by atoms with Crippen molar-refractivity contribution in [3.63, 3.8) is 0 Å². The van der Waals surface area contributed by atoms with Crippen molar-refractivity contribution < 1.29 is 19.1 Å². The van der Waals surface area contributed by atoms with Gasteiger partial charge in [-0.2, -0.15) is 0 Å². The van der Waals surface area contributed by atoms with Crippen LogP contribution in [0.15, 0.2) is 30.4 Å². The second kappa shape index (κ2) is 4.98. The fourth-order valence-corrected chi connectivity index (χ4v) is 7.51. The molecule has 3 fully saturated rings. The first-order valence-corrected chi connectivity index (χ1v) is 10.0. The zero-order valence-corrected chi connectivity index (χ0v) is 16.2. The first kappa shape index (κ1) is 16.6. The normalized spacial score (nSPS) is 41.9. The maximum absolute atomic E-state index is 13.5. The average molecular weight is 380 g/mol. The lowest BCUT2D eigenvalue weighted by atomic mass is 9.42. The van der Waals surface area contributed by atoms with Gasteiger partial charge in [0.1, 0.15) is 17.1 Å². The van der Waals surface area contributed by atoms with Crippen LogP contribution in [0.1, 0.15) is 24.8 Å². The Bertz CT molecular complexity index is 958. The summed E-state index contributed by atoms with van der Waals surface area (Å²) in [7, 11) is 3.09. The highest BCUT2D eigenvalue weighted by Gasteiger charge is 2.81. The summed E-state index contributed by atoms with van der Waals surface area (Å²) >= 11 is 0. The zero-order chi connectivity index (χ0) is 19.3. The van der Waals surface area contributed by atoms with Crippen LogP contribution in [0.25, 0.3) is 0 Å².